The number of nitrogens with one attached hydrogen (secondary N) is 2. The molecule has 0 bridgehead atoms. The van der Waals surface area contributed by atoms with E-state index in [1.165, 1.54) is 6.07 Å². The normalized spacial score (nSPS) is 11.8. The first-order valence-electron chi connectivity index (χ1n) is 7.11. The fraction of sp³-hybridized carbons (Fsp3) is 0.250. The van der Waals surface area contributed by atoms with Crippen LogP contribution in [-0.2, 0) is 0 Å². The van der Waals surface area contributed by atoms with Crippen LogP contribution in [0.1, 0.15) is 16.8 Å². The maximum atomic E-state index is 13.8. The van der Waals surface area contributed by atoms with Gasteiger partial charge in [0.25, 0.3) is 5.91 Å². The van der Waals surface area contributed by atoms with Crippen LogP contribution in [0, 0.1) is 9.39 Å². The van der Waals surface area contributed by atoms with Gasteiger partial charge in [0.15, 0.2) is 0 Å². The largest absolute Gasteiger partial charge is 0.394 e. The third-order valence-corrected chi connectivity index (χ3v) is 3.90. The van der Waals surface area contributed by atoms with E-state index in [9.17, 15) is 14.3 Å². The van der Waals surface area contributed by atoms with E-state index in [4.69, 9.17) is 0 Å². The van der Waals surface area contributed by atoms with Crippen molar-refractivity contribution in [3.63, 3.8) is 0 Å². The monoisotopic (exact) mass is 429 g/mol. The summed E-state index contributed by atoms with van der Waals surface area (Å²) in [5, 5.41) is 15.1. The molecule has 1 aromatic carbocycles. The van der Waals surface area contributed by atoms with E-state index in [-0.39, 0.29) is 24.4 Å². The number of hydrogen-bond acceptors (Lipinski definition) is 4. The Morgan fingerprint density at radius 3 is 2.70 bits per heavy atom. The number of nitrogens with zero attached hydrogens (tertiary/aromatic N) is 1. The Morgan fingerprint density at radius 2 is 2.04 bits per heavy atom. The Hall–Kier alpha value is -1.74. The summed E-state index contributed by atoms with van der Waals surface area (Å²) in [5.41, 5.74) is 0.863. The molecule has 1 heterocycles. The highest BCUT2D eigenvalue weighted by Crippen LogP contribution is 2.18. The first-order chi connectivity index (χ1) is 11.1. The van der Waals surface area contributed by atoms with Crippen molar-refractivity contribution in [2.24, 2.45) is 0 Å². The van der Waals surface area contributed by atoms with Gasteiger partial charge in [-0.1, -0.05) is 0 Å². The molecule has 0 aliphatic carbocycles. The standard InChI is InChI=1S/C16H17FIN3O2/c17-14-9-12(18)1-2-15(14)21-13(10-22)5-8-20-16(23)11-3-6-19-7-4-11/h1-4,6-7,9,13,21-22H,5,8,10H2,(H,20,23). The van der Waals surface area contributed by atoms with Crippen molar-refractivity contribution in [1.82, 2.24) is 10.3 Å². The third kappa shape index (κ3) is 5.43. The van der Waals surface area contributed by atoms with Crippen LogP contribution < -0.4 is 10.6 Å². The van der Waals surface area contributed by atoms with Gasteiger partial charge in [0.1, 0.15) is 5.82 Å². The quantitative estimate of drug-likeness (QED) is 0.592. The van der Waals surface area contributed by atoms with Crippen LogP contribution in [0.4, 0.5) is 10.1 Å². The fourth-order valence-electron chi connectivity index (χ4n) is 2.00. The van der Waals surface area contributed by atoms with Gasteiger partial charge in [0, 0.05) is 28.1 Å². The van der Waals surface area contributed by atoms with E-state index >= 15 is 0 Å². The molecule has 122 valence electrons. The lowest BCUT2D eigenvalue weighted by molar-refractivity contribution is 0.0951. The summed E-state index contributed by atoms with van der Waals surface area (Å²) in [7, 11) is 0. The van der Waals surface area contributed by atoms with Crippen molar-refractivity contribution in [3.05, 3.63) is 57.7 Å². The summed E-state index contributed by atoms with van der Waals surface area (Å²) in [6, 6.07) is 7.74. The number of carbonyl (C=O) groups is 1. The second kappa shape index (κ2) is 8.78. The molecular weight excluding hydrogens is 412 g/mol. The van der Waals surface area contributed by atoms with Gasteiger partial charge in [-0.15, -0.1) is 0 Å². The van der Waals surface area contributed by atoms with Gasteiger partial charge in [0.2, 0.25) is 0 Å². The Morgan fingerprint density at radius 1 is 1.30 bits per heavy atom. The summed E-state index contributed by atoms with van der Waals surface area (Å²) in [5.74, 6) is -0.569. The average molecular weight is 429 g/mol. The number of rotatable bonds is 7. The third-order valence-electron chi connectivity index (χ3n) is 3.23. The first-order valence-corrected chi connectivity index (χ1v) is 8.18. The number of aromatic nitrogens is 1. The van der Waals surface area contributed by atoms with E-state index in [1.807, 2.05) is 22.6 Å². The minimum atomic E-state index is -0.365. The Balaban J connectivity index is 1.84. The van der Waals surface area contributed by atoms with Crippen molar-refractivity contribution in [3.8, 4) is 0 Å². The van der Waals surface area contributed by atoms with E-state index < -0.39 is 0 Å². The molecule has 0 spiro atoms. The number of halogens is 2. The summed E-state index contributed by atoms with van der Waals surface area (Å²) in [4.78, 5) is 15.7. The smallest absolute Gasteiger partial charge is 0.251 e. The number of pyridine rings is 1. The number of anilines is 1. The molecule has 2 aromatic rings. The first kappa shape index (κ1) is 17.6. The number of carbonyl (C=O) groups excluding carboxylic acids is 1. The van der Waals surface area contributed by atoms with E-state index in [1.54, 1.807) is 36.7 Å². The molecule has 5 nitrogen and oxygen atoms in total. The van der Waals surface area contributed by atoms with Crippen molar-refractivity contribution in [2.45, 2.75) is 12.5 Å². The highest BCUT2D eigenvalue weighted by molar-refractivity contribution is 14.1. The molecule has 3 N–H and O–H groups in total. The maximum Gasteiger partial charge on any atom is 0.251 e. The number of aliphatic hydroxyl groups excluding tert-OH is 1. The average Bonchev–Trinajstić information content (AvgIpc) is 2.56. The summed E-state index contributed by atoms with van der Waals surface area (Å²) in [6.07, 6.45) is 3.57. The van der Waals surface area contributed by atoms with Gasteiger partial charge in [-0.3, -0.25) is 9.78 Å². The second-order valence-corrected chi connectivity index (χ2v) is 6.17. The number of amides is 1. The molecule has 23 heavy (non-hydrogen) atoms. The number of aliphatic hydroxyl groups is 1. The molecule has 1 aromatic heterocycles. The zero-order chi connectivity index (χ0) is 16.7. The molecule has 1 unspecified atom stereocenters. The topological polar surface area (TPSA) is 74.2 Å². The van der Waals surface area contributed by atoms with Crippen LogP contribution in [0.5, 0.6) is 0 Å². The highest BCUT2D eigenvalue weighted by atomic mass is 127. The SMILES string of the molecule is O=C(NCCC(CO)Nc1ccc(I)cc1F)c1ccncc1. The molecular formula is C16H17FIN3O2. The maximum absolute atomic E-state index is 13.8. The lowest BCUT2D eigenvalue weighted by Crippen LogP contribution is -2.32. The Kier molecular flexibility index (Phi) is 6.72. The minimum Gasteiger partial charge on any atom is -0.394 e. The van der Waals surface area contributed by atoms with Gasteiger partial charge in [-0.2, -0.15) is 0 Å². The lowest BCUT2D eigenvalue weighted by Gasteiger charge is -2.18. The van der Waals surface area contributed by atoms with Crippen LogP contribution in [0.2, 0.25) is 0 Å². The van der Waals surface area contributed by atoms with Crippen LogP contribution in [0.25, 0.3) is 0 Å². The molecule has 1 amide bonds. The predicted molar refractivity (Wildman–Crippen MR) is 94.8 cm³/mol. The van der Waals surface area contributed by atoms with Crippen molar-refractivity contribution in [2.75, 3.05) is 18.5 Å². The van der Waals surface area contributed by atoms with Gasteiger partial charge in [-0.25, -0.2) is 4.39 Å². The Bertz CT molecular complexity index is 655. The summed E-state index contributed by atoms with van der Waals surface area (Å²) >= 11 is 2.03. The zero-order valence-corrected chi connectivity index (χ0v) is 14.5. The number of benzene rings is 1. The lowest BCUT2D eigenvalue weighted by atomic mass is 10.2. The van der Waals surface area contributed by atoms with Gasteiger partial charge < -0.3 is 15.7 Å². The predicted octanol–water partition coefficient (Wildman–Crippen LogP) is 2.42. The molecule has 7 heteroatoms. The molecule has 0 radical (unpaired) electrons. The molecule has 0 aliphatic heterocycles. The summed E-state index contributed by atoms with van der Waals surface area (Å²) < 4.78 is 14.6. The van der Waals surface area contributed by atoms with Crippen molar-refractivity contribution < 1.29 is 14.3 Å². The van der Waals surface area contributed by atoms with Crippen LogP contribution in [-0.4, -0.2) is 35.2 Å². The molecule has 0 aliphatic rings. The Labute approximate surface area is 147 Å². The van der Waals surface area contributed by atoms with Gasteiger partial charge in [0.05, 0.1) is 18.3 Å². The minimum absolute atomic E-state index is 0.156. The van der Waals surface area contributed by atoms with Crippen LogP contribution >= 0.6 is 22.6 Å². The molecule has 0 saturated carbocycles. The molecule has 0 fully saturated rings. The van der Waals surface area contributed by atoms with Crippen LogP contribution in [0.15, 0.2) is 42.7 Å². The van der Waals surface area contributed by atoms with E-state index in [0.717, 1.165) is 3.57 Å². The zero-order valence-electron chi connectivity index (χ0n) is 12.3. The van der Waals surface area contributed by atoms with Crippen molar-refractivity contribution in [1.29, 1.82) is 0 Å². The molecule has 0 saturated heterocycles. The molecule has 1 atom stereocenters. The van der Waals surface area contributed by atoms with Crippen LogP contribution in [0.3, 0.4) is 0 Å². The highest BCUT2D eigenvalue weighted by Gasteiger charge is 2.11. The van der Waals surface area contributed by atoms with Gasteiger partial charge in [-0.05, 0) is 59.3 Å². The van der Waals surface area contributed by atoms with Gasteiger partial charge >= 0.3 is 0 Å². The second-order valence-electron chi connectivity index (χ2n) is 4.93. The number of hydrogen-bond donors (Lipinski definition) is 3. The van der Waals surface area contributed by atoms with E-state index in [2.05, 4.69) is 15.6 Å². The summed E-state index contributed by atoms with van der Waals surface area (Å²) in [6.45, 7) is 0.210. The molecule has 2 rings (SSSR count). The van der Waals surface area contributed by atoms with Crippen molar-refractivity contribution >= 4 is 34.2 Å². The fourth-order valence-corrected chi connectivity index (χ4v) is 2.45. The van der Waals surface area contributed by atoms with E-state index in [0.29, 0.717) is 24.2 Å².